The van der Waals surface area contributed by atoms with Gasteiger partial charge in [-0.1, -0.05) is 107 Å². The molecule has 0 atom stereocenters. The quantitative estimate of drug-likeness (QED) is 0.144. The van der Waals surface area contributed by atoms with Crippen LogP contribution in [-0.2, 0) is 0 Å². The zero-order chi connectivity index (χ0) is 46.2. The zero-order valence-electron chi connectivity index (χ0n) is 38.7. The fourth-order valence-electron chi connectivity index (χ4n) is 10.3. The predicted molar refractivity (Wildman–Crippen MR) is 278 cm³/mol. The van der Waals surface area contributed by atoms with Crippen LogP contribution in [0, 0.1) is 12.7 Å². The first-order valence-electron chi connectivity index (χ1n) is 23.4. The summed E-state index contributed by atoms with van der Waals surface area (Å²) in [6.45, 7) is 11.8. The molecule has 0 N–H and O–H groups in total. The van der Waals surface area contributed by atoms with Gasteiger partial charge in [0.05, 0.1) is 22.4 Å². The average Bonchev–Trinajstić information content (AvgIpc) is 4.03. The van der Waals surface area contributed by atoms with Crippen molar-refractivity contribution in [3.63, 3.8) is 0 Å². The van der Waals surface area contributed by atoms with Crippen LogP contribution in [0.15, 0.2) is 187 Å². The van der Waals surface area contributed by atoms with E-state index in [4.69, 9.17) is 14.1 Å². The van der Waals surface area contributed by atoms with E-state index < -0.39 is 0 Å². The van der Waals surface area contributed by atoms with Gasteiger partial charge in [0.15, 0.2) is 0 Å². The van der Waals surface area contributed by atoms with Crippen molar-refractivity contribution in [2.24, 2.45) is 0 Å². The average molecular weight is 889 g/mol. The minimum atomic E-state index is -0.236. The molecule has 0 aliphatic carbocycles. The second-order valence-corrected chi connectivity index (χ2v) is 18.6. The highest BCUT2D eigenvalue weighted by Gasteiger charge is 2.33. The highest BCUT2D eigenvalue weighted by atomic mass is 19.1. The Balaban J connectivity index is 1.03. The number of benzene rings is 8. The lowest BCUT2D eigenvalue weighted by Gasteiger charge is -2.30. The first kappa shape index (κ1) is 41.3. The summed E-state index contributed by atoms with van der Waals surface area (Å²) in [5, 5.41) is 4.43. The van der Waals surface area contributed by atoms with Gasteiger partial charge in [0, 0.05) is 56.8 Å². The Kier molecular flexibility index (Phi) is 9.91. The molecule has 7 heteroatoms. The van der Waals surface area contributed by atoms with Crippen LogP contribution in [-0.4, -0.2) is 16.2 Å². The van der Waals surface area contributed by atoms with Crippen LogP contribution in [0.1, 0.15) is 56.2 Å². The summed E-state index contributed by atoms with van der Waals surface area (Å²) in [6, 6.07) is 60.3. The number of ether oxygens (including phenoxy) is 1. The molecular weight excluding hydrogens is 840 g/mol. The van der Waals surface area contributed by atoms with Crippen molar-refractivity contribution >= 4 is 66.5 Å². The third-order valence-electron chi connectivity index (χ3n) is 13.5. The smallest absolute Gasteiger partial charge is 0.143 e. The Labute approximate surface area is 395 Å². The third kappa shape index (κ3) is 6.96. The molecule has 0 amide bonds. The van der Waals surface area contributed by atoms with E-state index >= 15 is 0 Å². The molecule has 12 rings (SSSR count). The lowest BCUT2D eigenvalue weighted by atomic mass is 9.87. The molecule has 1 aliphatic rings. The summed E-state index contributed by atoms with van der Waals surface area (Å²) in [5.41, 5.74) is 16.0. The number of para-hydroxylation sites is 3. The molecule has 332 valence electrons. The molecule has 11 aromatic rings. The van der Waals surface area contributed by atoms with E-state index in [0.29, 0.717) is 18.2 Å². The van der Waals surface area contributed by atoms with Crippen molar-refractivity contribution in [2.75, 3.05) is 16.5 Å². The van der Waals surface area contributed by atoms with E-state index in [9.17, 15) is 4.39 Å². The molecular formula is C61H49FN4O2. The molecule has 0 bridgehead atoms. The fourth-order valence-corrected chi connectivity index (χ4v) is 10.3. The van der Waals surface area contributed by atoms with Crippen LogP contribution in [0.5, 0.6) is 11.5 Å². The molecule has 3 aromatic heterocycles. The van der Waals surface area contributed by atoms with Crippen molar-refractivity contribution in [1.29, 1.82) is 0 Å². The van der Waals surface area contributed by atoms with E-state index in [1.165, 1.54) is 22.4 Å². The molecule has 0 radical (unpaired) electrons. The first-order valence-corrected chi connectivity index (χ1v) is 23.4. The molecule has 0 saturated heterocycles. The molecule has 0 spiro atoms. The van der Waals surface area contributed by atoms with Gasteiger partial charge in [-0.15, -0.1) is 0 Å². The second kappa shape index (κ2) is 16.3. The Morgan fingerprint density at radius 3 is 2.07 bits per heavy atom. The monoisotopic (exact) mass is 888 g/mol. The van der Waals surface area contributed by atoms with Gasteiger partial charge < -0.3 is 19.0 Å². The summed E-state index contributed by atoms with van der Waals surface area (Å²) in [4.78, 5) is 9.68. The van der Waals surface area contributed by atoms with E-state index in [1.807, 2.05) is 48.7 Å². The van der Waals surface area contributed by atoms with Crippen LogP contribution in [0.25, 0.3) is 71.8 Å². The maximum absolute atomic E-state index is 14.1. The number of furan rings is 1. The minimum absolute atomic E-state index is 0.214. The van der Waals surface area contributed by atoms with Crippen molar-refractivity contribution < 1.29 is 13.5 Å². The van der Waals surface area contributed by atoms with Crippen LogP contribution >= 0.6 is 0 Å². The summed E-state index contributed by atoms with van der Waals surface area (Å²) in [6.07, 6.45) is 1.83. The van der Waals surface area contributed by atoms with Gasteiger partial charge in [-0.3, -0.25) is 4.57 Å². The fraction of sp³-hybridized carbons (Fsp3) is 0.131. The maximum atomic E-state index is 14.1. The van der Waals surface area contributed by atoms with Gasteiger partial charge >= 0.3 is 0 Å². The van der Waals surface area contributed by atoms with Crippen molar-refractivity contribution in [3.05, 3.63) is 205 Å². The van der Waals surface area contributed by atoms with Crippen LogP contribution in [0.4, 0.5) is 27.1 Å². The van der Waals surface area contributed by atoms with E-state index in [2.05, 4.69) is 170 Å². The van der Waals surface area contributed by atoms with E-state index in [1.54, 1.807) is 12.1 Å². The maximum Gasteiger partial charge on any atom is 0.143 e. The lowest BCUT2D eigenvalue weighted by molar-refractivity contribution is 0.483. The van der Waals surface area contributed by atoms with Gasteiger partial charge in [-0.25, -0.2) is 9.37 Å². The molecule has 0 fully saturated rings. The Hall–Kier alpha value is -8.16. The number of halogens is 1. The first-order chi connectivity index (χ1) is 33.2. The number of anilines is 4. The molecule has 4 heterocycles. The van der Waals surface area contributed by atoms with Crippen LogP contribution in [0.3, 0.4) is 0 Å². The molecule has 1 aliphatic heterocycles. The standard InChI is InChI=1S/C61H49FN4O2/c1-37(2)52-32-41(40-21-23-43(62)24-22-40)33-53(38(3)4)60(52)65-36-64(55-27-20-39(5)29-57(55)65)44-30-42(47-15-12-16-51-50-14-7-9-18-58(50)68-61(47)51)31-46(34-44)67-45-25-26-49-48-13-6-8-17-54(48)66(56(49)35-45)59-19-10-11-28-63-59/h6-35,37-38H,36H2,1-5H3. The number of aryl methyl sites for hydroxylation is 1. The van der Waals surface area contributed by atoms with Gasteiger partial charge in [-0.05, 0) is 137 Å². The zero-order valence-corrected chi connectivity index (χ0v) is 38.7. The van der Waals surface area contributed by atoms with E-state index in [0.717, 1.165) is 88.9 Å². The largest absolute Gasteiger partial charge is 0.457 e. The van der Waals surface area contributed by atoms with Crippen molar-refractivity contribution in [1.82, 2.24) is 9.55 Å². The highest BCUT2D eigenvalue weighted by molar-refractivity contribution is 6.11. The molecule has 8 aromatic carbocycles. The number of hydrogen-bond donors (Lipinski definition) is 0. The van der Waals surface area contributed by atoms with Gasteiger partial charge in [0.25, 0.3) is 0 Å². The van der Waals surface area contributed by atoms with Gasteiger partial charge in [0.2, 0.25) is 0 Å². The molecule has 68 heavy (non-hydrogen) atoms. The molecule has 0 unspecified atom stereocenters. The Bertz CT molecular complexity index is 3710. The Morgan fingerprint density at radius 2 is 1.29 bits per heavy atom. The minimum Gasteiger partial charge on any atom is -0.457 e. The third-order valence-corrected chi connectivity index (χ3v) is 13.5. The summed E-state index contributed by atoms with van der Waals surface area (Å²) in [5.74, 6) is 2.45. The second-order valence-electron chi connectivity index (χ2n) is 18.6. The van der Waals surface area contributed by atoms with Crippen LogP contribution < -0.4 is 14.5 Å². The SMILES string of the molecule is Cc1ccc2c(c1)N(c1c(C(C)C)cc(-c3ccc(F)cc3)cc1C(C)C)CN2c1cc(Oc2ccc3c4ccccc4n(-c4ccccn4)c3c2)cc(-c2cccc3c2oc2ccccc23)c1. The number of fused-ring (bicyclic) bond motifs is 7. The number of aromatic nitrogens is 2. The normalized spacial score (nSPS) is 12.7. The van der Waals surface area contributed by atoms with Crippen molar-refractivity contribution in [3.8, 4) is 39.6 Å². The molecule has 0 saturated carbocycles. The topological polar surface area (TPSA) is 46.7 Å². The Morgan fingerprint density at radius 1 is 0.559 bits per heavy atom. The van der Waals surface area contributed by atoms with E-state index in [-0.39, 0.29) is 17.7 Å². The highest BCUT2D eigenvalue weighted by Crippen LogP contribution is 2.51. The molecule has 6 nitrogen and oxygen atoms in total. The van der Waals surface area contributed by atoms with Gasteiger partial charge in [-0.2, -0.15) is 0 Å². The lowest BCUT2D eigenvalue weighted by Crippen LogP contribution is -2.26. The number of rotatable bonds is 9. The number of hydrogen-bond acceptors (Lipinski definition) is 5. The number of nitrogens with zero attached hydrogens (tertiary/aromatic N) is 4. The summed E-state index contributed by atoms with van der Waals surface area (Å²) < 4.78 is 30.1. The predicted octanol–water partition coefficient (Wildman–Crippen LogP) is 17.1. The van der Waals surface area contributed by atoms with Gasteiger partial charge in [0.1, 0.15) is 41.0 Å². The van der Waals surface area contributed by atoms with Crippen LogP contribution in [0.2, 0.25) is 0 Å². The summed E-state index contributed by atoms with van der Waals surface area (Å²) in [7, 11) is 0. The van der Waals surface area contributed by atoms with Crippen molar-refractivity contribution in [2.45, 2.75) is 46.5 Å². The summed E-state index contributed by atoms with van der Waals surface area (Å²) >= 11 is 0. The number of pyridine rings is 1.